The van der Waals surface area contributed by atoms with Gasteiger partial charge < -0.3 is 4.90 Å². The van der Waals surface area contributed by atoms with Crippen molar-refractivity contribution in [2.45, 2.75) is 21.9 Å². The molecule has 1 amide bonds. The molecule has 1 atom stereocenters. The fraction of sp³-hybridized carbons (Fsp3) is 0.389. The van der Waals surface area contributed by atoms with Gasteiger partial charge in [-0.1, -0.05) is 12.1 Å². The second kappa shape index (κ2) is 7.87. The quantitative estimate of drug-likeness (QED) is 0.656. The molecule has 0 spiro atoms. The van der Waals surface area contributed by atoms with E-state index in [0.717, 1.165) is 26.5 Å². The number of hydrogen-bond acceptors (Lipinski definition) is 5. The van der Waals surface area contributed by atoms with Crippen LogP contribution in [0.25, 0.3) is 0 Å². The number of para-hydroxylation sites is 1. The summed E-state index contributed by atoms with van der Waals surface area (Å²) in [5.41, 5.74) is 0.945. The number of sulfonamides is 1. The zero-order valence-electron chi connectivity index (χ0n) is 14.5. The van der Waals surface area contributed by atoms with Crippen LogP contribution in [-0.4, -0.2) is 44.0 Å². The van der Waals surface area contributed by atoms with Gasteiger partial charge in [0.1, 0.15) is 4.21 Å². The van der Waals surface area contributed by atoms with Crippen LogP contribution >= 0.6 is 39.0 Å². The summed E-state index contributed by atoms with van der Waals surface area (Å²) in [6, 6.07) is 11.3. The van der Waals surface area contributed by atoms with Gasteiger partial charge in [0.05, 0.1) is 15.4 Å². The number of carbonyl (C=O) groups excluding carboxylic acids is 1. The summed E-state index contributed by atoms with van der Waals surface area (Å²) in [4.78, 5) is 16.2. The molecule has 2 aliphatic rings. The first kappa shape index (κ1) is 19.4. The Morgan fingerprint density at radius 2 is 1.96 bits per heavy atom. The molecule has 1 fully saturated rings. The molecule has 0 bridgehead atoms. The summed E-state index contributed by atoms with van der Waals surface area (Å²) in [5.74, 6) is 0.601. The number of benzene rings is 1. The lowest BCUT2D eigenvalue weighted by molar-refractivity contribution is -0.123. The Balaban J connectivity index is 1.54. The van der Waals surface area contributed by atoms with Crippen LogP contribution in [0.2, 0.25) is 0 Å². The Labute approximate surface area is 175 Å². The lowest BCUT2D eigenvalue weighted by atomic mass is 9.97. The number of thioether (sulfide) groups is 1. The minimum atomic E-state index is -3.55. The summed E-state index contributed by atoms with van der Waals surface area (Å²) < 4.78 is 28.4. The van der Waals surface area contributed by atoms with Crippen molar-refractivity contribution >= 4 is 60.6 Å². The fourth-order valence-electron chi connectivity index (χ4n) is 3.54. The number of anilines is 1. The molecular weight excluding hydrogens is 468 g/mol. The lowest BCUT2D eigenvalue weighted by Crippen LogP contribution is -2.47. The largest absolute Gasteiger partial charge is 0.310 e. The zero-order valence-corrected chi connectivity index (χ0v) is 18.5. The topological polar surface area (TPSA) is 57.7 Å². The maximum Gasteiger partial charge on any atom is 0.252 e. The van der Waals surface area contributed by atoms with Crippen molar-refractivity contribution in [3.05, 3.63) is 40.2 Å². The molecule has 1 unspecified atom stereocenters. The minimum Gasteiger partial charge on any atom is -0.310 e. The first-order chi connectivity index (χ1) is 13.0. The fourth-order valence-corrected chi connectivity index (χ4v) is 8.23. The Hall–Kier alpha value is -0.870. The average molecular weight is 487 g/mol. The zero-order chi connectivity index (χ0) is 19.0. The summed E-state index contributed by atoms with van der Waals surface area (Å²) in [5, 5.41) is 0. The molecule has 0 aliphatic carbocycles. The van der Waals surface area contributed by atoms with E-state index in [4.69, 9.17) is 0 Å². The number of halogens is 1. The Kier molecular flexibility index (Phi) is 5.67. The number of amides is 1. The van der Waals surface area contributed by atoms with Crippen LogP contribution in [0.1, 0.15) is 12.8 Å². The lowest BCUT2D eigenvalue weighted by Gasteiger charge is -2.36. The summed E-state index contributed by atoms with van der Waals surface area (Å²) >= 11 is 6.29. The van der Waals surface area contributed by atoms with Crippen LogP contribution in [0, 0.1) is 5.92 Å². The number of rotatable bonds is 3. The highest BCUT2D eigenvalue weighted by molar-refractivity contribution is 9.11. The molecule has 2 aliphatic heterocycles. The van der Waals surface area contributed by atoms with E-state index in [9.17, 15) is 13.2 Å². The summed E-state index contributed by atoms with van der Waals surface area (Å²) in [6.07, 6.45) is 1.43. The monoisotopic (exact) mass is 486 g/mol. The maximum atomic E-state index is 13.2. The third kappa shape index (κ3) is 3.85. The van der Waals surface area contributed by atoms with E-state index in [-0.39, 0.29) is 18.4 Å². The molecule has 27 heavy (non-hydrogen) atoms. The third-order valence-corrected chi connectivity index (χ3v) is 9.87. The molecule has 1 saturated heterocycles. The molecule has 3 heterocycles. The van der Waals surface area contributed by atoms with Crippen LogP contribution in [-0.2, 0) is 14.8 Å². The van der Waals surface area contributed by atoms with E-state index < -0.39 is 10.0 Å². The van der Waals surface area contributed by atoms with Gasteiger partial charge in [-0.3, -0.25) is 4.79 Å². The molecule has 0 saturated carbocycles. The van der Waals surface area contributed by atoms with E-state index in [0.29, 0.717) is 23.7 Å². The van der Waals surface area contributed by atoms with Crippen molar-refractivity contribution in [3.8, 4) is 0 Å². The predicted molar refractivity (Wildman–Crippen MR) is 113 cm³/mol. The van der Waals surface area contributed by atoms with Gasteiger partial charge in [-0.25, -0.2) is 8.42 Å². The van der Waals surface area contributed by atoms with Crippen molar-refractivity contribution < 1.29 is 13.2 Å². The van der Waals surface area contributed by atoms with E-state index in [1.54, 1.807) is 23.9 Å². The molecule has 9 heteroatoms. The van der Waals surface area contributed by atoms with E-state index >= 15 is 0 Å². The molecular formula is C18H19BrN2O3S3. The van der Waals surface area contributed by atoms with Crippen LogP contribution in [0.5, 0.6) is 0 Å². The molecule has 1 aromatic carbocycles. The van der Waals surface area contributed by atoms with Crippen LogP contribution in [0.15, 0.2) is 49.3 Å². The smallest absolute Gasteiger partial charge is 0.252 e. The van der Waals surface area contributed by atoms with Crippen molar-refractivity contribution in [2.75, 3.05) is 30.3 Å². The van der Waals surface area contributed by atoms with Crippen molar-refractivity contribution in [1.82, 2.24) is 4.31 Å². The van der Waals surface area contributed by atoms with Crippen molar-refractivity contribution in [3.63, 3.8) is 0 Å². The molecule has 4 rings (SSSR count). The number of fused-ring (bicyclic) bond motifs is 1. The van der Waals surface area contributed by atoms with Crippen molar-refractivity contribution in [1.29, 1.82) is 0 Å². The molecule has 1 aromatic heterocycles. The number of carbonyl (C=O) groups is 1. The Morgan fingerprint density at radius 3 is 2.74 bits per heavy atom. The standard InChI is InChI=1S/C18H19BrN2O3S3/c19-16-7-8-17(26-16)27(23,24)20-9-3-4-13(12-20)18(22)21-10-11-25-15-6-2-1-5-14(15)21/h1-2,5-8,13H,3-4,9-12H2. The van der Waals surface area contributed by atoms with Gasteiger partial charge in [-0.2, -0.15) is 4.31 Å². The normalized spacial score (nSPS) is 21.1. The highest BCUT2D eigenvalue weighted by Gasteiger charge is 2.36. The number of thiophene rings is 1. The maximum absolute atomic E-state index is 13.2. The second-order valence-corrected chi connectivity index (χ2v) is 12.3. The number of nitrogens with zero attached hydrogens (tertiary/aromatic N) is 2. The van der Waals surface area contributed by atoms with Gasteiger partial charge in [-0.05, 0) is 53.0 Å². The Morgan fingerprint density at radius 1 is 1.15 bits per heavy atom. The SMILES string of the molecule is O=C(C1CCCN(S(=O)(=O)c2ccc(Br)s2)C1)N1CCSc2ccccc21. The van der Waals surface area contributed by atoms with E-state index in [1.165, 1.54) is 15.6 Å². The average Bonchev–Trinajstić information content (AvgIpc) is 3.14. The molecule has 144 valence electrons. The van der Waals surface area contributed by atoms with Gasteiger partial charge in [0.15, 0.2) is 0 Å². The van der Waals surface area contributed by atoms with Crippen LogP contribution in [0.3, 0.4) is 0 Å². The highest BCUT2D eigenvalue weighted by atomic mass is 79.9. The number of hydrogen-bond donors (Lipinski definition) is 0. The van der Waals surface area contributed by atoms with Crippen LogP contribution < -0.4 is 4.90 Å². The van der Waals surface area contributed by atoms with Gasteiger partial charge in [0.25, 0.3) is 10.0 Å². The Bertz CT molecular complexity index is 960. The van der Waals surface area contributed by atoms with Crippen molar-refractivity contribution in [2.24, 2.45) is 5.92 Å². The first-order valence-corrected chi connectivity index (χ1v) is 12.8. The molecule has 0 N–H and O–H groups in total. The molecule has 0 radical (unpaired) electrons. The van der Waals surface area contributed by atoms with E-state index in [1.807, 2.05) is 29.2 Å². The van der Waals surface area contributed by atoms with E-state index in [2.05, 4.69) is 15.9 Å². The first-order valence-electron chi connectivity index (χ1n) is 8.75. The second-order valence-electron chi connectivity index (χ2n) is 6.57. The van der Waals surface area contributed by atoms with Gasteiger partial charge in [-0.15, -0.1) is 23.1 Å². The predicted octanol–water partition coefficient (Wildman–Crippen LogP) is 4.05. The number of piperidine rings is 1. The molecule has 5 nitrogen and oxygen atoms in total. The summed E-state index contributed by atoms with van der Waals surface area (Å²) in [6.45, 7) is 1.39. The van der Waals surface area contributed by atoms with Crippen LogP contribution in [0.4, 0.5) is 5.69 Å². The molecule has 2 aromatic rings. The summed E-state index contributed by atoms with van der Waals surface area (Å²) in [7, 11) is -3.55. The van der Waals surface area contributed by atoms with Gasteiger partial charge in [0.2, 0.25) is 5.91 Å². The minimum absolute atomic E-state index is 0.0370. The third-order valence-electron chi connectivity index (χ3n) is 4.87. The highest BCUT2D eigenvalue weighted by Crippen LogP contribution is 2.36. The van der Waals surface area contributed by atoms with Gasteiger partial charge >= 0.3 is 0 Å². The van der Waals surface area contributed by atoms with Gasteiger partial charge in [0, 0.05) is 30.3 Å².